The molecule has 1 atom stereocenters. The maximum Gasteiger partial charge on any atom is 0.272 e. The van der Waals surface area contributed by atoms with E-state index in [1.54, 1.807) is 0 Å². The summed E-state index contributed by atoms with van der Waals surface area (Å²) in [6.07, 6.45) is 4.48. The number of carbonyl (C=O) groups excluding carboxylic acids is 1. The second-order valence-electron chi connectivity index (χ2n) is 5.45. The summed E-state index contributed by atoms with van der Waals surface area (Å²) in [6, 6.07) is 12.1. The summed E-state index contributed by atoms with van der Waals surface area (Å²) >= 11 is 0. The number of pyridine rings is 1. The number of nitrogens with zero attached hydrogens (tertiary/aromatic N) is 2. The number of amides is 1. The lowest BCUT2D eigenvalue weighted by Crippen LogP contribution is -2.43. The predicted molar refractivity (Wildman–Crippen MR) is 80.7 cm³/mol. The fraction of sp³-hybridized carbons (Fsp3) is 0.412. The number of piperidine rings is 1. The van der Waals surface area contributed by atoms with E-state index in [9.17, 15) is 4.79 Å². The van der Waals surface area contributed by atoms with E-state index in [1.165, 1.54) is 6.42 Å². The fourth-order valence-corrected chi connectivity index (χ4v) is 3.02. The number of carbonyl (C=O) groups is 1. The van der Waals surface area contributed by atoms with E-state index < -0.39 is 0 Å². The molecule has 1 unspecified atom stereocenters. The molecule has 0 bridgehead atoms. The van der Waals surface area contributed by atoms with Crippen molar-refractivity contribution in [2.45, 2.75) is 38.6 Å². The Balaban J connectivity index is 1.91. The number of hydrogen-bond donors (Lipinski definition) is 0. The molecule has 1 aromatic carbocycles. The first-order valence-corrected chi connectivity index (χ1v) is 7.46. The van der Waals surface area contributed by atoms with Crippen molar-refractivity contribution in [3.05, 3.63) is 42.1 Å². The van der Waals surface area contributed by atoms with Crippen LogP contribution in [0.3, 0.4) is 0 Å². The van der Waals surface area contributed by atoms with Gasteiger partial charge in [0.05, 0.1) is 5.52 Å². The van der Waals surface area contributed by atoms with Crippen LogP contribution in [0, 0.1) is 0 Å². The van der Waals surface area contributed by atoms with E-state index in [2.05, 4.69) is 11.9 Å². The number of benzene rings is 1. The van der Waals surface area contributed by atoms with Crippen LogP contribution >= 0.6 is 0 Å². The summed E-state index contributed by atoms with van der Waals surface area (Å²) in [5, 5.41) is 1.08. The monoisotopic (exact) mass is 268 g/mol. The largest absolute Gasteiger partial charge is 0.334 e. The van der Waals surface area contributed by atoms with E-state index >= 15 is 0 Å². The summed E-state index contributed by atoms with van der Waals surface area (Å²) in [7, 11) is 0. The van der Waals surface area contributed by atoms with Crippen LogP contribution in [0.4, 0.5) is 0 Å². The lowest BCUT2D eigenvalue weighted by molar-refractivity contribution is 0.0602. The van der Waals surface area contributed by atoms with Crippen LogP contribution in [0.1, 0.15) is 43.1 Å². The van der Waals surface area contributed by atoms with Gasteiger partial charge in [-0.15, -0.1) is 0 Å². The quantitative estimate of drug-likeness (QED) is 0.833. The van der Waals surface area contributed by atoms with Gasteiger partial charge < -0.3 is 4.90 Å². The van der Waals surface area contributed by atoms with Gasteiger partial charge in [0, 0.05) is 18.0 Å². The molecule has 0 radical (unpaired) electrons. The predicted octanol–water partition coefficient (Wildman–Crippen LogP) is 3.64. The summed E-state index contributed by atoms with van der Waals surface area (Å²) < 4.78 is 0. The van der Waals surface area contributed by atoms with Gasteiger partial charge in [0.15, 0.2) is 0 Å². The van der Waals surface area contributed by atoms with Crippen molar-refractivity contribution in [2.24, 2.45) is 0 Å². The van der Waals surface area contributed by atoms with Gasteiger partial charge in [-0.1, -0.05) is 31.2 Å². The first-order chi connectivity index (χ1) is 9.79. The van der Waals surface area contributed by atoms with Crippen molar-refractivity contribution in [3.63, 3.8) is 0 Å². The highest BCUT2D eigenvalue weighted by molar-refractivity contribution is 5.95. The molecule has 104 valence electrons. The minimum atomic E-state index is 0.0855. The van der Waals surface area contributed by atoms with Crippen LogP contribution in [0.2, 0.25) is 0 Å². The lowest BCUT2D eigenvalue weighted by Gasteiger charge is -2.35. The smallest absolute Gasteiger partial charge is 0.272 e. The Morgan fingerprint density at radius 1 is 1.25 bits per heavy atom. The van der Waals surface area contributed by atoms with Gasteiger partial charge >= 0.3 is 0 Å². The fourth-order valence-electron chi connectivity index (χ4n) is 3.02. The van der Waals surface area contributed by atoms with Crippen molar-refractivity contribution in [3.8, 4) is 0 Å². The van der Waals surface area contributed by atoms with Crippen molar-refractivity contribution in [2.75, 3.05) is 6.54 Å². The number of para-hydroxylation sites is 1. The summed E-state index contributed by atoms with van der Waals surface area (Å²) in [5.74, 6) is 0.0855. The van der Waals surface area contributed by atoms with Gasteiger partial charge in [-0.2, -0.15) is 0 Å². The summed E-state index contributed by atoms with van der Waals surface area (Å²) in [4.78, 5) is 19.2. The Hall–Kier alpha value is -1.90. The third kappa shape index (κ3) is 2.40. The molecule has 20 heavy (non-hydrogen) atoms. The van der Waals surface area contributed by atoms with Gasteiger partial charge in [-0.05, 0) is 37.8 Å². The average molecular weight is 268 g/mol. The molecule has 1 fully saturated rings. The van der Waals surface area contributed by atoms with Crippen molar-refractivity contribution in [1.82, 2.24) is 9.88 Å². The second kappa shape index (κ2) is 5.61. The van der Waals surface area contributed by atoms with Crippen LogP contribution in [0.15, 0.2) is 36.4 Å². The molecule has 0 aliphatic carbocycles. The van der Waals surface area contributed by atoms with E-state index in [4.69, 9.17) is 0 Å². The average Bonchev–Trinajstić information content (AvgIpc) is 2.53. The van der Waals surface area contributed by atoms with Gasteiger partial charge in [0.1, 0.15) is 5.69 Å². The molecule has 3 rings (SSSR count). The number of rotatable bonds is 2. The Morgan fingerprint density at radius 3 is 2.95 bits per heavy atom. The van der Waals surface area contributed by atoms with Crippen molar-refractivity contribution >= 4 is 16.8 Å². The zero-order valence-corrected chi connectivity index (χ0v) is 11.9. The highest BCUT2D eigenvalue weighted by Crippen LogP contribution is 2.22. The van der Waals surface area contributed by atoms with Crippen LogP contribution in [0.5, 0.6) is 0 Å². The summed E-state index contributed by atoms with van der Waals surface area (Å²) in [6.45, 7) is 3.02. The Bertz CT molecular complexity index is 623. The number of fused-ring (bicyclic) bond motifs is 1. The molecule has 0 spiro atoms. The van der Waals surface area contributed by atoms with E-state index in [1.807, 2.05) is 41.3 Å². The second-order valence-corrected chi connectivity index (χ2v) is 5.45. The number of hydrogen-bond acceptors (Lipinski definition) is 2. The topological polar surface area (TPSA) is 33.2 Å². The van der Waals surface area contributed by atoms with Crippen LogP contribution in [0.25, 0.3) is 10.9 Å². The van der Waals surface area contributed by atoms with Crippen molar-refractivity contribution in [1.29, 1.82) is 0 Å². The van der Waals surface area contributed by atoms with Gasteiger partial charge in [-0.3, -0.25) is 4.79 Å². The Kier molecular flexibility index (Phi) is 3.68. The van der Waals surface area contributed by atoms with Gasteiger partial charge in [0.25, 0.3) is 5.91 Å². The molecule has 0 saturated carbocycles. The first kappa shape index (κ1) is 13.1. The molecule has 1 aliphatic rings. The minimum absolute atomic E-state index is 0.0855. The molecular formula is C17H20N2O. The normalized spacial score (nSPS) is 19.2. The first-order valence-electron chi connectivity index (χ1n) is 7.46. The number of aromatic nitrogens is 1. The molecule has 0 N–H and O–H groups in total. The zero-order chi connectivity index (χ0) is 13.9. The molecule has 1 aliphatic heterocycles. The molecule has 3 heteroatoms. The summed E-state index contributed by atoms with van der Waals surface area (Å²) in [5.41, 5.74) is 1.47. The Morgan fingerprint density at radius 2 is 2.10 bits per heavy atom. The molecule has 2 heterocycles. The van der Waals surface area contributed by atoms with Crippen molar-refractivity contribution < 1.29 is 4.79 Å². The zero-order valence-electron chi connectivity index (χ0n) is 11.9. The number of likely N-dealkylation sites (tertiary alicyclic amines) is 1. The standard InChI is InChI=1S/C17H20N2O/c1-2-14-8-5-6-12-19(14)17(20)16-11-10-13-7-3-4-9-15(13)18-16/h3-4,7,9-11,14H,2,5-6,8,12H2,1H3. The highest BCUT2D eigenvalue weighted by Gasteiger charge is 2.26. The van der Waals surface area contributed by atoms with Crippen LogP contribution in [-0.2, 0) is 0 Å². The highest BCUT2D eigenvalue weighted by atomic mass is 16.2. The maximum atomic E-state index is 12.7. The van der Waals surface area contributed by atoms with Crippen LogP contribution in [-0.4, -0.2) is 28.4 Å². The molecule has 1 saturated heterocycles. The minimum Gasteiger partial charge on any atom is -0.334 e. The third-order valence-corrected chi connectivity index (χ3v) is 4.18. The molecule has 2 aromatic rings. The molecule has 1 aromatic heterocycles. The van der Waals surface area contributed by atoms with E-state index in [-0.39, 0.29) is 5.91 Å². The van der Waals surface area contributed by atoms with E-state index in [0.717, 1.165) is 36.7 Å². The lowest BCUT2D eigenvalue weighted by atomic mass is 9.99. The SMILES string of the molecule is CCC1CCCCN1C(=O)c1ccc2ccccc2n1. The maximum absolute atomic E-state index is 12.7. The van der Waals surface area contributed by atoms with E-state index in [0.29, 0.717) is 11.7 Å². The van der Waals surface area contributed by atoms with Gasteiger partial charge in [-0.25, -0.2) is 4.98 Å². The Labute approximate surface area is 119 Å². The van der Waals surface area contributed by atoms with Gasteiger partial charge in [0.2, 0.25) is 0 Å². The molecule has 3 nitrogen and oxygen atoms in total. The molecule has 1 amide bonds. The third-order valence-electron chi connectivity index (χ3n) is 4.18. The molecular weight excluding hydrogens is 248 g/mol. The van der Waals surface area contributed by atoms with Crippen LogP contribution < -0.4 is 0 Å².